The molecule has 1 N–H and O–H groups in total. The molecule has 2 rings (SSSR count). The number of rotatable bonds is 9. The quantitative estimate of drug-likeness (QED) is 0.279. The van der Waals surface area contributed by atoms with E-state index in [1.54, 1.807) is 0 Å². The standard InChI is InChI=1S/C21H23BrN2O2/c1-3-14-24(2)15-4-5-16-26-20-12-8-18(9-13-20)21(23-25)17-6-10-19(22)11-7-17/h3-13,25H,1,14-16H2,2H3/b5-4-,23-21?. The Labute approximate surface area is 163 Å². The highest BCUT2D eigenvalue weighted by Crippen LogP contribution is 2.18. The Hall–Kier alpha value is -2.37. The summed E-state index contributed by atoms with van der Waals surface area (Å²) in [5.74, 6) is 0.769. The summed E-state index contributed by atoms with van der Waals surface area (Å²) in [6.45, 7) is 5.95. The molecule has 5 heteroatoms. The first-order valence-corrected chi connectivity index (χ1v) is 9.09. The van der Waals surface area contributed by atoms with Crippen molar-refractivity contribution in [2.24, 2.45) is 5.16 Å². The van der Waals surface area contributed by atoms with Crippen LogP contribution in [0.5, 0.6) is 5.75 Å². The molecule has 0 bridgehead atoms. The minimum atomic E-state index is 0.509. The fourth-order valence-electron chi connectivity index (χ4n) is 2.36. The first-order chi connectivity index (χ1) is 12.6. The van der Waals surface area contributed by atoms with E-state index >= 15 is 0 Å². The van der Waals surface area contributed by atoms with Gasteiger partial charge in [0.05, 0.1) is 0 Å². The predicted octanol–water partition coefficient (Wildman–Crippen LogP) is 4.73. The number of nitrogens with zero attached hydrogens (tertiary/aromatic N) is 2. The third kappa shape index (κ3) is 6.17. The molecule has 0 saturated carbocycles. The van der Waals surface area contributed by atoms with Crippen LogP contribution < -0.4 is 4.74 Å². The van der Waals surface area contributed by atoms with Gasteiger partial charge in [-0.1, -0.05) is 51.4 Å². The monoisotopic (exact) mass is 414 g/mol. The molecule has 136 valence electrons. The summed E-state index contributed by atoms with van der Waals surface area (Å²) in [4.78, 5) is 2.15. The van der Waals surface area contributed by atoms with Crippen molar-refractivity contribution in [2.75, 3.05) is 26.7 Å². The highest BCUT2D eigenvalue weighted by molar-refractivity contribution is 9.10. The summed E-state index contributed by atoms with van der Waals surface area (Å²) in [5, 5.41) is 12.8. The smallest absolute Gasteiger partial charge is 0.119 e. The molecule has 0 heterocycles. The number of likely N-dealkylation sites (N-methyl/N-ethyl adjacent to an activating group) is 1. The molecule has 0 fully saturated rings. The summed E-state index contributed by atoms with van der Waals surface area (Å²) in [7, 11) is 2.04. The van der Waals surface area contributed by atoms with E-state index in [2.05, 4.69) is 38.6 Å². The van der Waals surface area contributed by atoms with Crippen LogP contribution in [0.25, 0.3) is 0 Å². The average Bonchev–Trinajstić information content (AvgIpc) is 2.65. The van der Waals surface area contributed by atoms with E-state index in [0.717, 1.165) is 34.4 Å². The van der Waals surface area contributed by atoms with E-state index in [0.29, 0.717) is 12.3 Å². The maximum Gasteiger partial charge on any atom is 0.119 e. The molecule has 0 aliphatic heterocycles. The molecule has 0 aliphatic carbocycles. The molecule has 0 radical (unpaired) electrons. The van der Waals surface area contributed by atoms with Gasteiger partial charge in [-0.3, -0.25) is 4.90 Å². The lowest BCUT2D eigenvalue weighted by Gasteiger charge is -2.10. The fraction of sp³-hybridized carbons (Fsp3) is 0.190. The molecule has 0 atom stereocenters. The minimum absolute atomic E-state index is 0.509. The van der Waals surface area contributed by atoms with E-state index < -0.39 is 0 Å². The lowest BCUT2D eigenvalue weighted by molar-refractivity contribution is 0.319. The van der Waals surface area contributed by atoms with Gasteiger partial charge in [-0.15, -0.1) is 6.58 Å². The Kier molecular flexibility index (Phi) is 8.12. The van der Waals surface area contributed by atoms with Crippen LogP contribution in [0.4, 0.5) is 0 Å². The number of hydrogen-bond donors (Lipinski definition) is 1. The summed E-state index contributed by atoms with van der Waals surface area (Å²) >= 11 is 3.40. The van der Waals surface area contributed by atoms with Crippen molar-refractivity contribution in [3.8, 4) is 5.75 Å². The zero-order valence-corrected chi connectivity index (χ0v) is 16.4. The summed E-state index contributed by atoms with van der Waals surface area (Å²) in [6.07, 6.45) is 5.95. The van der Waals surface area contributed by atoms with Gasteiger partial charge in [-0.05, 0) is 43.4 Å². The summed E-state index contributed by atoms with van der Waals surface area (Å²) in [6, 6.07) is 15.1. The van der Waals surface area contributed by atoms with Crippen LogP contribution in [-0.4, -0.2) is 42.6 Å². The van der Waals surface area contributed by atoms with Crippen LogP contribution in [0.15, 0.2) is 83.0 Å². The zero-order valence-electron chi connectivity index (χ0n) is 14.8. The maximum atomic E-state index is 9.38. The normalized spacial score (nSPS) is 11.9. The summed E-state index contributed by atoms with van der Waals surface area (Å²) in [5.41, 5.74) is 2.19. The Morgan fingerprint density at radius 2 is 1.69 bits per heavy atom. The third-order valence-electron chi connectivity index (χ3n) is 3.72. The minimum Gasteiger partial charge on any atom is -0.490 e. The Balaban J connectivity index is 1.92. The van der Waals surface area contributed by atoms with E-state index in [9.17, 15) is 5.21 Å². The number of ether oxygens (including phenoxy) is 1. The van der Waals surface area contributed by atoms with Gasteiger partial charge in [-0.2, -0.15) is 0 Å². The first kappa shape index (κ1) is 19.9. The largest absolute Gasteiger partial charge is 0.490 e. The van der Waals surface area contributed by atoms with Crippen molar-refractivity contribution in [1.29, 1.82) is 0 Å². The third-order valence-corrected chi connectivity index (χ3v) is 4.24. The molecule has 26 heavy (non-hydrogen) atoms. The highest BCUT2D eigenvalue weighted by Gasteiger charge is 2.08. The Morgan fingerprint density at radius 1 is 1.08 bits per heavy atom. The number of benzene rings is 2. The van der Waals surface area contributed by atoms with Gasteiger partial charge < -0.3 is 9.94 Å². The van der Waals surface area contributed by atoms with Crippen LogP contribution in [0.3, 0.4) is 0 Å². The van der Waals surface area contributed by atoms with Crippen molar-refractivity contribution >= 4 is 21.6 Å². The second-order valence-corrected chi connectivity index (χ2v) is 6.69. The lowest BCUT2D eigenvalue weighted by Crippen LogP contribution is -2.17. The van der Waals surface area contributed by atoms with Crippen LogP contribution in [0, 0.1) is 0 Å². The van der Waals surface area contributed by atoms with Crippen molar-refractivity contribution in [3.05, 3.63) is 88.9 Å². The van der Waals surface area contributed by atoms with Crippen LogP contribution in [0.2, 0.25) is 0 Å². The first-order valence-electron chi connectivity index (χ1n) is 8.29. The van der Waals surface area contributed by atoms with Crippen LogP contribution in [-0.2, 0) is 0 Å². The second kappa shape index (κ2) is 10.6. The van der Waals surface area contributed by atoms with Gasteiger partial charge in [0.25, 0.3) is 0 Å². The second-order valence-electron chi connectivity index (χ2n) is 5.77. The fourth-order valence-corrected chi connectivity index (χ4v) is 2.63. The number of oxime groups is 1. The van der Waals surface area contributed by atoms with Crippen molar-refractivity contribution < 1.29 is 9.94 Å². The zero-order chi connectivity index (χ0) is 18.8. The van der Waals surface area contributed by atoms with Gasteiger partial charge in [0, 0.05) is 28.7 Å². The number of hydrogen-bond acceptors (Lipinski definition) is 4. The molecule has 0 spiro atoms. The molecular weight excluding hydrogens is 392 g/mol. The molecule has 2 aromatic carbocycles. The lowest BCUT2D eigenvalue weighted by atomic mass is 10.0. The Morgan fingerprint density at radius 3 is 2.27 bits per heavy atom. The summed E-state index contributed by atoms with van der Waals surface area (Å²) < 4.78 is 6.68. The highest BCUT2D eigenvalue weighted by atomic mass is 79.9. The average molecular weight is 415 g/mol. The van der Waals surface area contributed by atoms with Gasteiger partial charge in [0.1, 0.15) is 18.1 Å². The molecule has 4 nitrogen and oxygen atoms in total. The van der Waals surface area contributed by atoms with Gasteiger partial charge in [0.15, 0.2) is 0 Å². The Bertz CT molecular complexity index is 753. The van der Waals surface area contributed by atoms with E-state index in [1.165, 1.54) is 0 Å². The maximum absolute atomic E-state index is 9.38. The number of halogens is 1. The molecular formula is C21H23BrN2O2. The van der Waals surface area contributed by atoms with Gasteiger partial charge in [0.2, 0.25) is 0 Å². The van der Waals surface area contributed by atoms with Gasteiger partial charge in [-0.25, -0.2) is 0 Å². The molecule has 2 aromatic rings. The molecule has 0 aromatic heterocycles. The molecule has 0 saturated heterocycles. The topological polar surface area (TPSA) is 45.1 Å². The van der Waals surface area contributed by atoms with E-state index in [-0.39, 0.29) is 0 Å². The molecule has 0 amide bonds. The van der Waals surface area contributed by atoms with E-state index in [4.69, 9.17) is 4.74 Å². The van der Waals surface area contributed by atoms with E-state index in [1.807, 2.05) is 67.7 Å². The molecule has 0 aliphatic rings. The van der Waals surface area contributed by atoms with Crippen LogP contribution in [0.1, 0.15) is 11.1 Å². The SMILES string of the molecule is C=CCN(C)C/C=C\COc1ccc(C(=NO)c2ccc(Br)cc2)cc1. The van der Waals surface area contributed by atoms with Gasteiger partial charge >= 0.3 is 0 Å². The predicted molar refractivity (Wildman–Crippen MR) is 110 cm³/mol. The van der Waals surface area contributed by atoms with Crippen molar-refractivity contribution in [1.82, 2.24) is 4.90 Å². The van der Waals surface area contributed by atoms with Crippen molar-refractivity contribution in [3.63, 3.8) is 0 Å². The van der Waals surface area contributed by atoms with Crippen molar-refractivity contribution in [2.45, 2.75) is 0 Å². The van der Waals surface area contributed by atoms with Crippen LogP contribution >= 0.6 is 15.9 Å². The molecule has 0 unspecified atom stereocenters.